The summed E-state index contributed by atoms with van der Waals surface area (Å²) in [5.74, 6) is -0.503. The average molecular weight is 396 g/mol. The van der Waals surface area contributed by atoms with E-state index in [0.717, 1.165) is 22.0 Å². The number of hydrogen-bond donors (Lipinski definition) is 2. The van der Waals surface area contributed by atoms with E-state index in [0.29, 0.717) is 6.42 Å². The number of carbonyl (C=O) groups is 2. The van der Waals surface area contributed by atoms with Crippen molar-refractivity contribution < 1.29 is 19.1 Å². The van der Waals surface area contributed by atoms with Crippen molar-refractivity contribution in [1.29, 1.82) is 0 Å². The Kier molecular flexibility index (Phi) is 8.76. The van der Waals surface area contributed by atoms with Crippen LogP contribution in [0.1, 0.15) is 31.9 Å². The predicted octanol–water partition coefficient (Wildman–Crippen LogP) is 4.59. The Bertz CT molecular complexity index is 905. The van der Waals surface area contributed by atoms with Crippen LogP contribution in [0.3, 0.4) is 0 Å². The second-order valence-electron chi connectivity index (χ2n) is 6.07. The fourth-order valence-corrected chi connectivity index (χ4v) is 2.86. The van der Waals surface area contributed by atoms with Gasteiger partial charge in [0, 0.05) is 23.5 Å². The molecule has 29 heavy (non-hydrogen) atoms. The fraction of sp³-hybridized carbons (Fsp3) is 0.304. The third-order valence-corrected chi connectivity index (χ3v) is 4.17. The van der Waals surface area contributed by atoms with Gasteiger partial charge in [0.05, 0.1) is 6.61 Å². The Hall–Kier alpha value is -3.28. The van der Waals surface area contributed by atoms with Gasteiger partial charge in [-0.25, -0.2) is 9.59 Å². The van der Waals surface area contributed by atoms with Gasteiger partial charge in [-0.15, -0.1) is 0 Å². The van der Waals surface area contributed by atoms with E-state index in [2.05, 4.69) is 10.3 Å². The molecule has 1 amide bonds. The minimum Gasteiger partial charge on any atom is -0.459 e. The average Bonchev–Trinajstić information content (AvgIpc) is 3.17. The van der Waals surface area contributed by atoms with Crippen molar-refractivity contribution in [3.63, 3.8) is 0 Å². The molecule has 3 aromatic rings. The minimum atomic E-state index is -0.841. The molecule has 0 bridgehead atoms. The summed E-state index contributed by atoms with van der Waals surface area (Å²) in [5, 5.41) is 3.61. The number of esters is 1. The first-order chi connectivity index (χ1) is 14.2. The highest BCUT2D eigenvalue weighted by Gasteiger charge is 2.24. The first-order valence-corrected chi connectivity index (χ1v) is 9.86. The first-order valence-electron chi connectivity index (χ1n) is 9.86. The minimum absolute atomic E-state index is 0.147. The molecule has 0 saturated carbocycles. The fourth-order valence-electron chi connectivity index (χ4n) is 2.86. The zero-order chi connectivity index (χ0) is 21.1. The van der Waals surface area contributed by atoms with Crippen molar-refractivity contribution in [2.45, 2.75) is 39.8 Å². The lowest BCUT2D eigenvalue weighted by Crippen LogP contribution is -2.43. The number of para-hydroxylation sites is 1. The van der Waals surface area contributed by atoms with Crippen molar-refractivity contribution in [2.75, 3.05) is 6.61 Å². The third kappa shape index (κ3) is 6.38. The molecular weight excluding hydrogens is 368 g/mol. The largest absolute Gasteiger partial charge is 0.459 e. The standard InChI is InChI=1S/C21H22N2O4.C2H6/c1-2-26-21(25)23-19(20(24)27-14-15-8-4-3-5-9-15)12-16-13-22-18-11-7-6-10-17(16)18;1-2/h3-11,13,19,22H,2,12,14H2,1H3,(H,23,25);1-2H3. The molecule has 0 aliphatic rings. The van der Waals surface area contributed by atoms with Gasteiger partial charge in [-0.3, -0.25) is 0 Å². The van der Waals surface area contributed by atoms with Crippen molar-refractivity contribution in [2.24, 2.45) is 0 Å². The molecule has 0 aliphatic heterocycles. The Balaban J connectivity index is 0.00000145. The van der Waals surface area contributed by atoms with Gasteiger partial charge in [-0.05, 0) is 24.1 Å². The summed E-state index contributed by atoms with van der Waals surface area (Å²) in [6, 6.07) is 16.4. The van der Waals surface area contributed by atoms with Gasteiger partial charge in [0.2, 0.25) is 0 Å². The molecule has 154 valence electrons. The highest BCUT2D eigenvalue weighted by Crippen LogP contribution is 2.19. The number of benzene rings is 2. The smallest absolute Gasteiger partial charge is 0.407 e. The molecular formula is C23H28N2O4. The third-order valence-electron chi connectivity index (χ3n) is 4.17. The molecule has 1 atom stereocenters. The maximum Gasteiger partial charge on any atom is 0.407 e. The van der Waals surface area contributed by atoms with Crippen LogP contribution in [0.4, 0.5) is 4.79 Å². The van der Waals surface area contributed by atoms with E-state index in [1.807, 2.05) is 74.6 Å². The number of H-pyrrole nitrogens is 1. The number of ether oxygens (including phenoxy) is 2. The van der Waals surface area contributed by atoms with Gasteiger partial charge in [0.1, 0.15) is 12.6 Å². The highest BCUT2D eigenvalue weighted by molar-refractivity contribution is 5.86. The summed E-state index contributed by atoms with van der Waals surface area (Å²) < 4.78 is 10.3. The van der Waals surface area contributed by atoms with Crippen LogP contribution in [-0.2, 0) is 27.3 Å². The predicted molar refractivity (Wildman–Crippen MR) is 114 cm³/mol. The van der Waals surface area contributed by atoms with Crippen LogP contribution in [0, 0.1) is 0 Å². The van der Waals surface area contributed by atoms with Crippen LogP contribution in [0.2, 0.25) is 0 Å². The summed E-state index contributed by atoms with van der Waals surface area (Å²) in [4.78, 5) is 27.7. The molecule has 0 radical (unpaired) electrons. The molecule has 0 fully saturated rings. The van der Waals surface area contributed by atoms with Gasteiger partial charge in [0.15, 0.2) is 0 Å². The topological polar surface area (TPSA) is 80.4 Å². The lowest BCUT2D eigenvalue weighted by atomic mass is 10.1. The number of alkyl carbamates (subject to hydrolysis) is 1. The zero-order valence-corrected chi connectivity index (χ0v) is 17.1. The molecule has 3 rings (SSSR count). The molecule has 1 heterocycles. The summed E-state index contributed by atoms with van der Waals surface area (Å²) >= 11 is 0. The molecule has 0 saturated heterocycles. The zero-order valence-electron chi connectivity index (χ0n) is 17.1. The van der Waals surface area contributed by atoms with E-state index in [1.165, 1.54) is 0 Å². The number of rotatable bonds is 7. The lowest BCUT2D eigenvalue weighted by molar-refractivity contribution is -0.147. The van der Waals surface area contributed by atoms with Crippen LogP contribution >= 0.6 is 0 Å². The normalized spacial score (nSPS) is 11.1. The Morgan fingerprint density at radius 1 is 1.00 bits per heavy atom. The first kappa shape index (κ1) is 22.0. The van der Waals surface area contributed by atoms with Crippen molar-refractivity contribution >= 4 is 23.0 Å². The molecule has 0 spiro atoms. The van der Waals surface area contributed by atoms with Crippen molar-refractivity contribution in [3.05, 3.63) is 71.9 Å². The van der Waals surface area contributed by atoms with Crippen LogP contribution < -0.4 is 5.32 Å². The number of fused-ring (bicyclic) bond motifs is 1. The van der Waals surface area contributed by atoms with E-state index < -0.39 is 18.1 Å². The van der Waals surface area contributed by atoms with Gasteiger partial charge >= 0.3 is 12.1 Å². The molecule has 0 aliphatic carbocycles. The Morgan fingerprint density at radius 2 is 1.69 bits per heavy atom. The van der Waals surface area contributed by atoms with Crippen molar-refractivity contribution in [1.82, 2.24) is 10.3 Å². The number of hydrogen-bond acceptors (Lipinski definition) is 4. The Morgan fingerprint density at radius 3 is 2.41 bits per heavy atom. The summed E-state index contributed by atoms with van der Waals surface area (Å²) in [6.45, 7) is 6.08. The molecule has 6 heteroatoms. The quantitative estimate of drug-likeness (QED) is 0.572. The summed E-state index contributed by atoms with van der Waals surface area (Å²) in [6.07, 6.45) is 1.50. The monoisotopic (exact) mass is 396 g/mol. The molecule has 6 nitrogen and oxygen atoms in total. The number of carbonyl (C=O) groups excluding carboxylic acids is 2. The second kappa shape index (κ2) is 11.5. The van der Waals surface area contributed by atoms with E-state index >= 15 is 0 Å². The van der Waals surface area contributed by atoms with Gasteiger partial charge in [0.25, 0.3) is 0 Å². The van der Waals surface area contributed by atoms with Crippen LogP contribution in [0.5, 0.6) is 0 Å². The number of nitrogens with one attached hydrogen (secondary N) is 2. The van der Waals surface area contributed by atoms with E-state index in [9.17, 15) is 9.59 Å². The Labute approximate surface area is 171 Å². The summed E-state index contributed by atoms with van der Waals surface area (Å²) in [7, 11) is 0. The maximum absolute atomic E-state index is 12.6. The van der Waals surface area contributed by atoms with Gasteiger partial charge in [-0.1, -0.05) is 62.4 Å². The molecule has 1 unspecified atom stereocenters. The SMILES string of the molecule is CC.CCOC(=O)NC(Cc1c[nH]c2ccccc12)C(=O)OCc1ccccc1. The van der Waals surface area contributed by atoms with Crippen molar-refractivity contribution in [3.8, 4) is 0 Å². The van der Waals surface area contributed by atoms with Gasteiger partial charge in [-0.2, -0.15) is 0 Å². The van der Waals surface area contributed by atoms with Gasteiger partial charge < -0.3 is 19.8 Å². The molecule has 1 aromatic heterocycles. The maximum atomic E-state index is 12.6. The van der Waals surface area contributed by atoms with Crippen LogP contribution in [-0.4, -0.2) is 29.7 Å². The van der Waals surface area contributed by atoms with E-state index in [1.54, 1.807) is 6.92 Å². The summed E-state index contributed by atoms with van der Waals surface area (Å²) in [5.41, 5.74) is 2.77. The second-order valence-corrected chi connectivity index (χ2v) is 6.07. The highest BCUT2D eigenvalue weighted by atomic mass is 16.6. The van der Waals surface area contributed by atoms with Crippen LogP contribution in [0.25, 0.3) is 10.9 Å². The lowest BCUT2D eigenvalue weighted by Gasteiger charge is -2.17. The van der Waals surface area contributed by atoms with E-state index in [-0.39, 0.29) is 13.2 Å². The molecule has 2 aromatic carbocycles. The molecule has 2 N–H and O–H groups in total. The van der Waals surface area contributed by atoms with E-state index in [4.69, 9.17) is 9.47 Å². The number of aromatic nitrogens is 1. The number of aromatic amines is 1. The number of amides is 1. The van der Waals surface area contributed by atoms with Crippen LogP contribution in [0.15, 0.2) is 60.8 Å².